The number of likely N-dealkylation sites (tertiary alicyclic amines) is 1. The number of allylic oxidation sites excluding steroid dienone is 4. The Hall–Kier alpha value is -2.89. The lowest BCUT2D eigenvalue weighted by Crippen LogP contribution is -2.65. The summed E-state index contributed by atoms with van der Waals surface area (Å²) in [4.78, 5) is 29.0. The highest BCUT2D eigenvalue weighted by Gasteiger charge is 2.44. The number of rotatable bonds is 15. The number of hydrogen-bond acceptors (Lipinski definition) is 8. The number of sulfonamides is 1. The minimum Gasteiger partial charge on any atom is -0.468 e. The molecule has 3 aliphatic rings. The van der Waals surface area contributed by atoms with Crippen molar-refractivity contribution in [2.75, 3.05) is 33.0 Å². The molecule has 1 aliphatic heterocycles. The molecule has 1 saturated carbocycles. The number of methoxy groups -OCH3 is 1. The Morgan fingerprint density at radius 2 is 1.76 bits per heavy atom. The highest BCUT2D eigenvalue weighted by atomic mass is 32.2. The lowest BCUT2D eigenvalue weighted by Gasteiger charge is -2.43. The molecule has 0 spiro atoms. The molecule has 1 amide bonds. The molecule has 0 unspecified atom stereocenters. The molecule has 250 valence electrons. The molecule has 10 nitrogen and oxygen atoms in total. The molecule has 2 aliphatic carbocycles. The van der Waals surface area contributed by atoms with Gasteiger partial charge < -0.3 is 14.8 Å². The molecule has 0 bridgehead atoms. The molecule has 1 heterocycles. The Balaban J connectivity index is 1.36. The Bertz CT molecular complexity index is 1300. The largest absolute Gasteiger partial charge is 0.468 e. The van der Waals surface area contributed by atoms with Gasteiger partial charge in [0.05, 0.1) is 13.4 Å². The van der Waals surface area contributed by atoms with Crippen LogP contribution >= 0.6 is 0 Å². The van der Waals surface area contributed by atoms with Gasteiger partial charge >= 0.3 is 5.97 Å². The summed E-state index contributed by atoms with van der Waals surface area (Å²) in [5, 5.41) is 6.72. The van der Waals surface area contributed by atoms with Gasteiger partial charge in [-0.2, -0.15) is 0 Å². The molecule has 3 N–H and O–H groups in total. The number of benzene rings is 1. The van der Waals surface area contributed by atoms with Gasteiger partial charge in [-0.3, -0.25) is 24.5 Å². The van der Waals surface area contributed by atoms with E-state index < -0.39 is 21.6 Å². The summed E-state index contributed by atoms with van der Waals surface area (Å²) >= 11 is 0. The number of nitrogens with zero attached hydrogens (tertiary/aromatic N) is 1. The molecule has 0 aromatic heterocycles. The van der Waals surface area contributed by atoms with Crippen molar-refractivity contribution >= 4 is 21.9 Å². The number of carbonyl (C=O) groups excluding carboxylic acids is 2. The van der Waals surface area contributed by atoms with Crippen molar-refractivity contribution in [1.82, 2.24) is 20.3 Å². The van der Waals surface area contributed by atoms with E-state index in [4.69, 9.17) is 9.47 Å². The second-order valence-electron chi connectivity index (χ2n) is 12.9. The summed E-state index contributed by atoms with van der Waals surface area (Å²) in [6.45, 7) is 4.95. The Morgan fingerprint density at radius 1 is 1.04 bits per heavy atom. The first-order valence-corrected chi connectivity index (χ1v) is 18.5. The third-order valence-electron chi connectivity index (χ3n) is 9.20. The Kier molecular flexibility index (Phi) is 12.9. The zero-order chi connectivity index (χ0) is 32.3. The van der Waals surface area contributed by atoms with Crippen molar-refractivity contribution in [1.29, 1.82) is 0 Å². The number of ether oxygens (including phenoxy) is 2. The Labute approximate surface area is 269 Å². The summed E-state index contributed by atoms with van der Waals surface area (Å²) < 4.78 is 36.7. The van der Waals surface area contributed by atoms with Crippen LogP contribution in [-0.4, -0.2) is 69.8 Å². The quantitative estimate of drug-likeness (QED) is 0.188. The van der Waals surface area contributed by atoms with E-state index in [-0.39, 0.29) is 11.9 Å². The summed E-state index contributed by atoms with van der Waals surface area (Å²) in [7, 11) is -1.85. The van der Waals surface area contributed by atoms with Crippen LogP contribution in [0.15, 0.2) is 47.9 Å². The maximum Gasteiger partial charge on any atom is 0.322 e. The number of esters is 1. The minimum atomic E-state index is -3.28. The molecule has 1 atom stereocenters. The van der Waals surface area contributed by atoms with Crippen LogP contribution in [0.5, 0.6) is 5.75 Å². The fourth-order valence-corrected chi connectivity index (χ4v) is 7.27. The van der Waals surface area contributed by atoms with Crippen LogP contribution in [0, 0.1) is 5.92 Å². The third-order valence-corrected chi connectivity index (χ3v) is 9.83. The third kappa shape index (κ3) is 10.9. The van der Waals surface area contributed by atoms with Crippen molar-refractivity contribution in [2.45, 2.75) is 102 Å². The number of amides is 1. The fraction of sp³-hybridized carbons (Fsp3) is 0.647. The first kappa shape index (κ1) is 35.0. The summed E-state index contributed by atoms with van der Waals surface area (Å²) in [6.07, 6.45) is 15.6. The number of nitrogens with one attached hydrogen (secondary N) is 3. The van der Waals surface area contributed by atoms with Crippen LogP contribution in [0.1, 0.15) is 89.5 Å². The second-order valence-corrected chi connectivity index (χ2v) is 14.6. The van der Waals surface area contributed by atoms with Crippen LogP contribution in [0.2, 0.25) is 0 Å². The first-order chi connectivity index (χ1) is 21.6. The smallest absolute Gasteiger partial charge is 0.322 e. The fourth-order valence-electron chi connectivity index (χ4n) is 6.62. The molecule has 2 fully saturated rings. The monoisotopic (exact) mass is 644 g/mol. The molecule has 45 heavy (non-hydrogen) atoms. The van der Waals surface area contributed by atoms with Crippen LogP contribution in [0.4, 0.5) is 0 Å². The second kappa shape index (κ2) is 16.6. The predicted molar refractivity (Wildman–Crippen MR) is 176 cm³/mol. The summed E-state index contributed by atoms with van der Waals surface area (Å²) in [5.41, 5.74) is 0.996. The van der Waals surface area contributed by atoms with E-state index in [1.807, 2.05) is 12.1 Å². The van der Waals surface area contributed by atoms with Crippen LogP contribution in [0.3, 0.4) is 0 Å². The van der Waals surface area contributed by atoms with Gasteiger partial charge in [-0.05, 0) is 67.9 Å². The van der Waals surface area contributed by atoms with Crippen molar-refractivity contribution < 1.29 is 27.5 Å². The number of carbonyl (C=O) groups is 2. The number of hydrogen-bond donors (Lipinski definition) is 3. The van der Waals surface area contributed by atoms with Crippen molar-refractivity contribution in [3.05, 3.63) is 53.4 Å². The normalized spacial score (nSPS) is 20.0. The topological polar surface area (TPSA) is 126 Å². The van der Waals surface area contributed by atoms with Gasteiger partial charge in [0.15, 0.2) is 0 Å². The lowest BCUT2D eigenvalue weighted by molar-refractivity contribution is -0.145. The zero-order valence-electron chi connectivity index (χ0n) is 27.2. The van der Waals surface area contributed by atoms with Crippen molar-refractivity contribution in [3.63, 3.8) is 0 Å². The van der Waals surface area contributed by atoms with Crippen LogP contribution in [-0.2, 0) is 30.9 Å². The van der Waals surface area contributed by atoms with Gasteiger partial charge in [-0.1, -0.05) is 57.6 Å². The standard InChI is InChI=1S/C34H52N4O6S/c1-4-5-21-35-33(40)34(36-31(32(39)43-2)24-26-9-7-6-8-10-26)19-22-38(23-20-34)25-27-11-15-29(16-12-27)44-30-17-13-28(14-18-30)37-45(3,41)42/h11-13,15-17,26,31,36-37H,4-10,14,18-25H2,1-3H3,(H,35,40)/t31-/m0/s1. The van der Waals surface area contributed by atoms with E-state index >= 15 is 0 Å². The highest BCUT2D eigenvalue weighted by molar-refractivity contribution is 7.88. The SMILES string of the molecule is CCCCNC(=O)C1(N[C@@H](CC2CCCCC2)C(=O)OC)CCN(Cc2ccc(OC3=CC=C(NS(C)(=O)=O)CC3)cc2)CC1. The van der Waals surface area contributed by atoms with E-state index in [1.54, 1.807) is 12.2 Å². The van der Waals surface area contributed by atoms with E-state index in [2.05, 4.69) is 39.3 Å². The average Bonchev–Trinajstić information content (AvgIpc) is 3.03. The van der Waals surface area contributed by atoms with Gasteiger partial charge in [0.25, 0.3) is 0 Å². The van der Waals surface area contributed by atoms with Crippen molar-refractivity contribution in [2.24, 2.45) is 5.92 Å². The summed E-state index contributed by atoms with van der Waals surface area (Å²) in [6, 6.07) is 7.52. The molecule has 1 saturated heterocycles. The molecular weight excluding hydrogens is 592 g/mol. The minimum absolute atomic E-state index is 0.0132. The van der Waals surface area contributed by atoms with Gasteiger partial charge in [-0.15, -0.1) is 0 Å². The van der Waals surface area contributed by atoms with E-state index in [0.29, 0.717) is 50.3 Å². The van der Waals surface area contributed by atoms with Gasteiger partial charge in [0, 0.05) is 38.3 Å². The van der Waals surface area contributed by atoms with E-state index in [0.717, 1.165) is 68.6 Å². The average molecular weight is 645 g/mol. The highest BCUT2D eigenvalue weighted by Crippen LogP contribution is 2.31. The molecule has 4 rings (SSSR count). The van der Waals surface area contributed by atoms with Crippen LogP contribution < -0.4 is 20.1 Å². The molecular formula is C34H52N4O6S. The zero-order valence-corrected chi connectivity index (χ0v) is 28.1. The molecule has 1 aromatic rings. The van der Waals surface area contributed by atoms with E-state index in [9.17, 15) is 18.0 Å². The number of unbranched alkanes of at least 4 members (excludes halogenated alkanes) is 1. The van der Waals surface area contributed by atoms with Gasteiger partial charge in [-0.25, -0.2) is 8.42 Å². The van der Waals surface area contributed by atoms with Crippen LogP contribution in [0.25, 0.3) is 0 Å². The molecule has 0 radical (unpaired) electrons. The summed E-state index contributed by atoms with van der Waals surface area (Å²) in [5.74, 6) is 1.70. The molecule has 1 aromatic carbocycles. The maximum atomic E-state index is 13.7. The van der Waals surface area contributed by atoms with E-state index in [1.165, 1.54) is 26.4 Å². The maximum absolute atomic E-state index is 13.7. The number of piperidine rings is 1. The lowest BCUT2D eigenvalue weighted by atomic mass is 9.81. The Morgan fingerprint density at radius 3 is 2.36 bits per heavy atom. The molecule has 11 heteroatoms. The van der Waals surface area contributed by atoms with Gasteiger partial charge in [0.2, 0.25) is 15.9 Å². The first-order valence-electron chi connectivity index (χ1n) is 16.6. The van der Waals surface area contributed by atoms with Crippen molar-refractivity contribution in [3.8, 4) is 5.75 Å². The predicted octanol–water partition coefficient (Wildman–Crippen LogP) is 4.53. The van der Waals surface area contributed by atoms with Gasteiger partial charge in [0.1, 0.15) is 23.1 Å².